The van der Waals surface area contributed by atoms with Gasteiger partial charge in [0.2, 0.25) is 0 Å². The first kappa shape index (κ1) is 21.9. The van der Waals surface area contributed by atoms with Crippen LogP contribution >= 0.6 is 0 Å². The van der Waals surface area contributed by atoms with E-state index in [4.69, 9.17) is 9.16 Å². The lowest BCUT2D eigenvalue weighted by Gasteiger charge is -2.44. The Balaban J connectivity index is 3.30. The molecule has 1 rings (SSSR count). The average Bonchev–Trinajstić information content (AvgIpc) is 2.44. The highest BCUT2D eigenvalue weighted by atomic mass is 28.4. The molecular formula is C21H36O3Si. The zero-order valence-electron chi connectivity index (χ0n) is 17.7. The number of hydrogen-bond donors (Lipinski definition) is 0. The number of carbonyl (C=O) groups is 1. The second-order valence-electron chi connectivity index (χ2n) is 9.67. The van der Waals surface area contributed by atoms with Gasteiger partial charge >= 0.3 is 5.97 Å². The lowest BCUT2D eigenvalue weighted by molar-refractivity contribution is -0.145. The highest BCUT2D eigenvalue weighted by Gasteiger charge is 2.44. The van der Waals surface area contributed by atoms with Gasteiger partial charge in [-0.3, -0.25) is 4.79 Å². The summed E-state index contributed by atoms with van der Waals surface area (Å²) in [5.41, 5.74) is 1.70. The molecule has 3 nitrogen and oxygen atoms in total. The summed E-state index contributed by atoms with van der Waals surface area (Å²) < 4.78 is 11.7. The number of esters is 1. The molecule has 1 aromatic carbocycles. The highest BCUT2D eigenvalue weighted by Crippen LogP contribution is 2.43. The normalized spacial score (nSPS) is 15.6. The first-order valence-electron chi connectivity index (χ1n) is 9.00. The Bertz CT molecular complexity index is 591. The highest BCUT2D eigenvalue weighted by molar-refractivity contribution is 6.74. The fourth-order valence-electron chi connectivity index (χ4n) is 2.58. The Kier molecular flexibility index (Phi) is 6.34. The molecule has 0 unspecified atom stereocenters. The van der Waals surface area contributed by atoms with Gasteiger partial charge in [-0.25, -0.2) is 0 Å². The lowest BCUT2D eigenvalue weighted by atomic mass is 9.84. The Morgan fingerprint density at radius 3 is 1.72 bits per heavy atom. The predicted octanol–water partition coefficient (Wildman–Crippen LogP) is 5.78. The van der Waals surface area contributed by atoms with Crippen LogP contribution in [0.4, 0.5) is 0 Å². The standard InChI is InChI=1S/C21H36O3Si/c1-19(2,3)16-11-13-17(14-12-16)21(7,15-18(22)23-8)24-25(9,10)20(4,5)6/h11-14H,15H2,1-10H3/t21-/m0/s1. The van der Waals surface area contributed by atoms with Gasteiger partial charge in [-0.1, -0.05) is 65.8 Å². The molecule has 0 aliphatic heterocycles. The number of ether oxygens (including phenoxy) is 1. The quantitative estimate of drug-likeness (QED) is 0.490. The van der Waals surface area contributed by atoms with Crippen LogP contribution in [0.5, 0.6) is 0 Å². The van der Waals surface area contributed by atoms with Crippen molar-refractivity contribution in [3.05, 3.63) is 35.4 Å². The van der Waals surface area contributed by atoms with E-state index in [9.17, 15) is 4.79 Å². The zero-order chi connectivity index (χ0) is 19.7. The third-order valence-electron chi connectivity index (χ3n) is 5.36. The molecule has 1 aromatic rings. The van der Waals surface area contributed by atoms with Crippen LogP contribution in [0.25, 0.3) is 0 Å². The molecular weight excluding hydrogens is 328 g/mol. The van der Waals surface area contributed by atoms with Crippen molar-refractivity contribution in [1.82, 2.24) is 0 Å². The summed E-state index contributed by atoms with van der Waals surface area (Å²) in [7, 11) is -0.632. The summed E-state index contributed by atoms with van der Waals surface area (Å²) in [4.78, 5) is 12.1. The SMILES string of the molecule is COC(=O)C[C@](C)(O[Si](C)(C)C(C)(C)C)c1ccc(C(C)(C)C)cc1. The van der Waals surface area contributed by atoms with Crippen molar-refractivity contribution >= 4 is 14.3 Å². The van der Waals surface area contributed by atoms with E-state index < -0.39 is 13.9 Å². The molecule has 0 aromatic heterocycles. The second kappa shape index (κ2) is 7.24. The fourth-order valence-corrected chi connectivity index (χ4v) is 4.21. The molecule has 142 valence electrons. The van der Waals surface area contributed by atoms with Crippen molar-refractivity contribution in [2.75, 3.05) is 7.11 Å². The Labute approximate surface area is 155 Å². The van der Waals surface area contributed by atoms with E-state index in [1.54, 1.807) is 0 Å². The van der Waals surface area contributed by atoms with E-state index in [0.717, 1.165) is 5.56 Å². The number of carbonyl (C=O) groups excluding carboxylic acids is 1. The maximum absolute atomic E-state index is 12.1. The summed E-state index contributed by atoms with van der Waals surface area (Å²) in [6.07, 6.45) is 0.213. The van der Waals surface area contributed by atoms with Gasteiger partial charge in [0.05, 0.1) is 19.1 Å². The van der Waals surface area contributed by atoms with Crippen LogP contribution in [0.1, 0.15) is 66.0 Å². The minimum Gasteiger partial charge on any atom is -0.469 e. The van der Waals surface area contributed by atoms with E-state index in [1.807, 2.05) is 6.92 Å². The van der Waals surface area contributed by atoms with Crippen LogP contribution in [-0.2, 0) is 25.0 Å². The van der Waals surface area contributed by atoms with Gasteiger partial charge in [-0.2, -0.15) is 0 Å². The number of benzene rings is 1. The van der Waals surface area contributed by atoms with E-state index in [1.165, 1.54) is 12.7 Å². The lowest BCUT2D eigenvalue weighted by Crippen LogP contribution is -2.48. The van der Waals surface area contributed by atoms with Crippen LogP contribution in [0.15, 0.2) is 24.3 Å². The molecule has 4 heteroatoms. The van der Waals surface area contributed by atoms with E-state index in [0.29, 0.717) is 0 Å². The van der Waals surface area contributed by atoms with Crippen LogP contribution in [0, 0.1) is 0 Å². The fraction of sp³-hybridized carbons (Fsp3) is 0.667. The smallest absolute Gasteiger partial charge is 0.308 e. The predicted molar refractivity (Wildman–Crippen MR) is 107 cm³/mol. The Morgan fingerprint density at radius 2 is 1.36 bits per heavy atom. The Hall–Kier alpha value is -1.13. The molecule has 0 amide bonds. The molecule has 0 radical (unpaired) electrons. The molecule has 1 atom stereocenters. The van der Waals surface area contributed by atoms with Crippen molar-refractivity contribution in [1.29, 1.82) is 0 Å². The largest absolute Gasteiger partial charge is 0.469 e. The van der Waals surface area contributed by atoms with Gasteiger partial charge < -0.3 is 9.16 Å². The van der Waals surface area contributed by atoms with Gasteiger partial charge in [-0.15, -0.1) is 0 Å². The van der Waals surface area contributed by atoms with E-state index in [2.05, 4.69) is 78.9 Å². The van der Waals surface area contributed by atoms with Crippen LogP contribution in [0.3, 0.4) is 0 Å². The first-order chi connectivity index (χ1) is 11.1. The van der Waals surface area contributed by atoms with Crippen LogP contribution < -0.4 is 0 Å². The van der Waals surface area contributed by atoms with Gasteiger partial charge in [-0.05, 0) is 41.6 Å². The first-order valence-corrected chi connectivity index (χ1v) is 11.9. The summed E-state index contributed by atoms with van der Waals surface area (Å²) in [5.74, 6) is -0.249. The van der Waals surface area contributed by atoms with Gasteiger partial charge in [0, 0.05) is 0 Å². The van der Waals surface area contributed by atoms with Crippen molar-refractivity contribution < 1.29 is 14.0 Å². The molecule has 0 aliphatic carbocycles. The minimum absolute atomic E-state index is 0.0652. The van der Waals surface area contributed by atoms with Crippen molar-refractivity contribution in [3.63, 3.8) is 0 Å². The minimum atomic E-state index is -2.06. The van der Waals surface area contributed by atoms with Crippen molar-refractivity contribution in [2.45, 2.75) is 84.0 Å². The summed E-state index contributed by atoms with van der Waals surface area (Å²) in [6.45, 7) is 19.7. The molecule has 0 bridgehead atoms. The van der Waals surface area contributed by atoms with Gasteiger partial charge in [0.15, 0.2) is 8.32 Å². The van der Waals surface area contributed by atoms with Crippen molar-refractivity contribution in [3.8, 4) is 0 Å². The average molecular weight is 365 g/mol. The molecule has 0 spiro atoms. The molecule has 0 N–H and O–H groups in total. The van der Waals surface area contributed by atoms with Crippen LogP contribution in [-0.4, -0.2) is 21.4 Å². The molecule has 25 heavy (non-hydrogen) atoms. The maximum Gasteiger partial charge on any atom is 0.308 e. The maximum atomic E-state index is 12.1. The molecule has 0 aliphatic rings. The van der Waals surface area contributed by atoms with Crippen molar-refractivity contribution in [2.24, 2.45) is 0 Å². The molecule has 0 fully saturated rings. The Morgan fingerprint density at radius 1 is 0.920 bits per heavy atom. The van der Waals surface area contributed by atoms with E-state index in [-0.39, 0.29) is 22.8 Å². The molecule has 0 saturated heterocycles. The molecule has 0 saturated carbocycles. The second-order valence-corrected chi connectivity index (χ2v) is 14.4. The third kappa shape index (κ3) is 5.42. The van der Waals surface area contributed by atoms with Gasteiger partial charge in [0.25, 0.3) is 0 Å². The zero-order valence-corrected chi connectivity index (χ0v) is 18.7. The van der Waals surface area contributed by atoms with Gasteiger partial charge in [0.1, 0.15) is 0 Å². The number of rotatable bonds is 5. The van der Waals surface area contributed by atoms with Crippen LogP contribution in [0.2, 0.25) is 18.1 Å². The molecule has 0 heterocycles. The summed E-state index contributed by atoms with van der Waals surface area (Å²) >= 11 is 0. The van der Waals surface area contributed by atoms with E-state index >= 15 is 0 Å². The summed E-state index contributed by atoms with van der Waals surface area (Å²) in [6, 6.07) is 8.47. The number of hydrogen-bond acceptors (Lipinski definition) is 3. The monoisotopic (exact) mass is 364 g/mol. The summed E-state index contributed by atoms with van der Waals surface area (Å²) in [5, 5.41) is 0.0652. The number of methoxy groups -OCH3 is 1. The topological polar surface area (TPSA) is 35.5 Å². The third-order valence-corrected chi connectivity index (χ3v) is 9.93.